The summed E-state index contributed by atoms with van der Waals surface area (Å²) in [5.74, 6) is 1.03. The number of nitrogens with one attached hydrogen (secondary N) is 1. The summed E-state index contributed by atoms with van der Waals surface area (Å²) in [5.41, 5.74) is 2.52. The molecular weight excluding hydrogens is 262 g/mol. The number of ether oxygens (including phenoxy) is 2. The number of unbranched alkanes of at least 4 members (excludes halogenated alkanes) is 1. The molecule has 21 heavy (non-hydrogen) atoms. The van der Waals surface area contributed by atoms with Crippen molar-refractivity contribution in [1.82, 2.24) is 0 Å². The van der Waals surface area contributed by atoms with Gasteiger partial charge in [-0.2, -0.15) is 0 Å². The molecule has 1 aliphatic rings. The van der Waals surface area contributed by atoms with Gasteiger partial charge >= 0.3 is 0 Å². The summed E-state index contributed by atoms with van der Waals surface area (Å²) in [6.45, 7) is 12.9. The van der Waals surface area contributed by atoms with Gasteiger partial charge in [0.05, 0.1) is 13.2 Å². The van der Waals surface area contributed by atoms with Crippen LogP contribution in [0.3, 0.4) is 0 Å². The highest BCUT2D eigenvalue weighted by Gasteiger charge is 2.24. The molecule has 1 aliphatic heterocycles. The number of benzene rings is 1. The van der Waals surface area contributed by atoms with Crippen molar-refractivity contribution in [2.24, 2.45) is 0 Å². The molecule has 0 aliphatic carbocycles. The van der Waals surface area contributed by atoms with Crippen molar-refractivity contribution < 1.29 is 14.4 Å². The van der Waals surface area contributed by atoms with Crippen molar-refractivity contribution >= 4 is 0 Å². The normalized spacial score (nSPS) is 25.8. The van der Waals surface area contributed by atoms with Crippen LogP contribution < -0.4 is 9.64 Å². The van der Waals surface area contributed by atoms with Crippen LogP contribution in [-0.2, 0) is 4.74 Å². The molecule has 1 N–H and O–H groups in total. The molecule has 1 unspecified atom stereocenters. The van der Waals surface area contributed by atoms with Gasteiger partial charge in [-0.05, 0) is 52.2 Å². The molecular formula is C18H30NO2+. The average molecular weight is 292 g/mol. The van der Waals surface area contributed by atoms with Crippen LogP contribution in [0.2, 0.25) is 0 Å². The van der Waals surface area contributed by atoms with Crippen molar-refractivity contribution in [2.45, 2.75) is 52.7 Å². The molecule has 0 amide bonds. The Morgan fingerprint density at radius 2 is 1.86 bits per heavy atom. The summed E-state index contributed by atoms with van der Waals surface area (Å²) in [7, 11) is 0. The quantitative estimate of drug-likeness (QED) is 0.812. The Hall–Kier alpha value is -1.06. The lowest BCUT2D eigenvalue weighted by Crippen LogP contribution is -3.15. The first-order valence-corrected chi connectivity index (χ1v) is 8.23. The van der Waals surface area contributed by atoms with Crippen LogP contribution in [0.15, 0.2) is 18.2 Å². The van der Waals surface area contributed by atoms with Crippen molar-refractivity contribution in [3.8, 4) is 5.75 Å². The molecule has 0 saturated carbocycles. The van der Waals surface area contributed by atoms with E-state index in [0.717, 1.165) is 31.9 Å². The Morgan fingerprint density at radius 1 is 1.14 bits per heavy atom. The van der Waals surface area contributed by atoms with Crippen LogP contribution in [0.4, 0.5) is 0 Å². The maximum absolute atomic E-state index is 5.89. The smallest absolute Gasteiger partial charge is 0.122 e. The molecule has 3 nitrogen and oxygen atoms in total. The minimum atomic E-state index is 0.398. The Kier molecular flexibility index (Phi) is 6.07. The lowest BCUT2D eigenvalue weighted by atomic mass is 10.1. The molecule has 0 aromatic heterocycles. The van der Waals surface area contributed by atoms with Crippen LogP contribution in [0.25, 0.3) is 0 Å². The van der Waals surface area contributed by atoms with Crippen LogP contribution in [-0.4, -0.2) is 38.4 Å². The number of aryl methyl sites for hydroxylation is 2. The first-order valence-electron chi connectivity index (χ1n) is 8.23. The monoisotopic (exact) mass is 292 g/mol. The highest BCUT2D eigenvalue weighted by molar-refractivity contribution is 5.35. The summed E-state index contributed by atoms with van der Waals surface area (Å²) in [6, 6.07) is 6.38. The molecule has 2 rings (SSSR count). The summed E-state index contributed by atoms with van der Waals surface area (Å²) in [6.07, 6.45) is 3.14. The topological polar surface area (TPSA) is 22.9 Å². The van der Waals surface area contributed by atoms with E-state index in [4.69, 9.17) is 9.47 Å². The minimum Gasteiger partial charge on any atom is -0.493 e. The second-order valence-corrected chi connectivity index (χ2v) is 6.49. The second-order valence-electron chi connectivity index (χ2n) is 6.49. The summed E-state index contributed by atoms with van der Waals surface area (Å²) in [4.78, 5) is 1.67. The average Bonchev–Trinajstić information content (AvgIpc) is 2.39. The van der Waals surface area contributed by atoms with Gasteiger partial charge in [-0.25, -0.2) is 0 Å². The molecule has 0 bridgehead atoms. The second kappa shape index (κ2) is 7.81. The van der Waals surface area contributed by atoms with Crippen LogP contribution in [0.5, 0.6) is 5.75 Å². The van der Waals surface area contributed by atoms with Crippen LogP contribution in [0, 0.1) is 13.8 Å². The van der Waals surface area contributed by atoms with Crippen molar-refractivity contribution in [3.63, 3.8) is 0 Å². The highest BCUT2D eigenvalue weighted by Crippen LogP contribution is 2.18. The molecule has 1 saturated heterocycles. The molecule has 1 fully saturated rings. The standard InChI is InChI=1S/C18H29NO2/c1-14-7-8-18(15(2)11-14)20-10-6-5-9-19-12-16(3)21-17(4)13-19/h7-8,11,16-17H,5-6,9-10,12-13H2,1-4H3/p+1/t16-,17+. The molecule has 1 heterocycles. The number of rotatable bonds is 6. The van der Waals surface area contributed by atoms with Crippen molar-refractivity contribution in [3.05, 3.63) is 29.3 Å². The Morgan fingerprint density at radius 3 is 2.52 bits per heavy atom. The van der Waals surface area contributed by atoms with Gasteiger partial charge in [0.25, 0.3) is 0 Å². The zero-order chi connectivity index (χ0) is 15.2. The molecule has 1 aromatic carbocycles. The van der Waals surface area contributed by atoms with Crippen LogP contribution >= 0.6 is 0 Å². The Bertz CT molecular complexity index is 437. The van der Waals surface area contributed by atoms with E-state index in [1.54, 1.807) is 4.90 Å². The van der Waals surface area contributed by atoms with Gasteiger partial charge in [0, 0.05) is 0 Å². The van der Waals surface area contributed by atoms with Crippen LogP contribution in [0.1, 0.15) is 37.8 Å². The van der Waals surface area contributed by atoms with Gasteiger partial charge in [-0.15, -0.1) is 0 Å². The zero-order valence-electron chi connectivity index (χ0n) is 13.9. The minimum absolute atomic E-state index is 0.398. The first-order chi connectivity index (χ1) is 10.0. The lowest BCUT2D eigenvalue weighted by molar-refractivity contribution is -0.915. The van der Waals surface area contributed by atoms with Gasteiger partial charge < -0.3 is 14.4 Å². The van der Waals surface area contributed by atoms with E-state index in [2.05, 4.69) is 45.9 Å². The number of morpholine rings is 1. The maximum atomic E-state index is 5.89. The predicted molar refractivity (Wildman–Crippen MR) is 86.2 cm³/mol. The summed E-state index contributed by atoms with van der Waals surface area (Å²) < 4.78 is 11.7. The third-order valence-electron chi connectivity index (χ3n) is 4.13. The molecule has 0 radical (unpaired) electrons. The third-order valence-corrected chi connectivity index (χ3v) is 4.13. The summed E-state index contributed by atoms with van der Waals surface area (Å²) >= 11 is 0. The number of hydrogen-bond acceptors (Lipinski definition) is 2. The van der Waals surface area contributed by atoms with Gasteiger partial charge in [0.15, 0.2) is 0 Å². The fraction of sp³-hybridized carbons (Fsp3) is 0.667. The molecule has 3 atom stereocenters. The molecule has 118 valence electrons. The largest absolute Gasteiger partial charge is 0.493 e. The van der Waals surface area contributed by atoms with Crippen molar-refractivity contribution in [2.75, 3.05) is 26.2 Å². The van der Waals surface area contributed by atoms with E-state index in [-0.39, 0.29) is 0 Å². The highest BCUT2D eigenvalue weighted by atomic mass is 16.5. The Balaban J connectivity index is 1.63. The number of quaternary nitrogens is 1. The Labute approximate surface area is 129 Å². The lowest BCUT2D eigenvalue weighted by Gasteiger charge is -2.32. The number of hydrogen-bond donors (Lipinski definition) is 1. The van der Waals surface area contributed by atoms with Gasteiger partial charge in [-0.3, -0.25) is 0 Å². The van der Waals surface area contributed by atoms with E-state index < -0.39 is 0 Å². The fourth-order valence-corrected chi connectivity index (χ4v) is 3.21. The van der Waals surface area contributed by atoms with Crippen molar-refractivity contribution in [1.29, 1.82) is 0 Å². The van der Waals surface area contributed by atoms with Gasteiger partial charge in [0.2, 0.25) is 0 Å². The summed E-state index contributed by atoms with van der Waals surface area (Å²) in [5, 5.41) is 0. The third kappa shape index (κ3) is 5.33. The SMILES string of the molecule is Cc1ccc(OCCCC[NH+]2C[C@@H](C)O[C@@H](C)C2)c(C)c1. The van der Waals surface area contributed by atoms with E-state index >= 15 is 0 Å². The molecule has 0 spiro atoms. The van der Waals surface area contributed by atoms with E-state index in [1.165, 1.54) is 24.1 Å². The van der Waals surface area contributed by atoms with E-state index in [0.29, 0.717) is 12.2 Å². The molecule has 3 heteroatoms. The van der Waals surface area contributed by atoms with Gasteiger partial charge in [-0.1, -0.05) is 17.7 Å². The maximum Gasteiger partial charge on any atom is 0.122 e. The fourth-order valence-electron chi connectivity index (χ4n) is 3.21. The van der Waals surface area contributed by atoms with Gasteiger partial charge in [0.1, 0.15) is 31.0 Å². The van der Waals surface area contributed by atoms with E-state index in [1.807, 2.05) is 0 Å². The zero-order valence-corrected chi connectivity index (χ0v) is 13.9. The van der Waals surface area contributed by atoms with E-state index in [9.17, 15) is 0 Å². The first kappa shape index (κ1) is 16.3. The molecule has 1 aromatic rings. The predicted octanol–water partition coefficient (Wildman–Crippen LogP) is 2.15.